The van der Waals surface area contributed by atoms with Crippen LogP contribution in [0.15, 0.2) is 33.7 Å². The number of hydrogen-bond acceptors (Lipinski definition) is 1. The molecule has 0 amide bonds. The molecule has 30 heavy (non-hydrogen) atoms. The molecule has 0 unspecified atom stereocenters. The van der Waals surface area contributed by atoms with Gasteiger partial charge in [0.15, 0.2) is 0 Å². The van der Waals surface area contributed by atoms with Crippen LogP contribution in [0.25, 0.3) is 0 Å². The summed E-state index contributed by atoms with van der Waals surface area (Å²) in [5.41, 5.74) is 4.80. The van der Waals surface area contributed by atoms with Gasteiger partial charge in [-0.25, -0.2) is 0 Å². The van der Waals surface area contributed by atoms with E-state index in [1.54, 1.807) is 14.6 Å². The average Bonchev–Trinajstić information content (AvgIpc) is 2.99. The van der Waals surface area contributed by atoms with Gasteiger partial charge in [-0.15, -0.1) is 24.8 Å². The molecule has 1 aromatic carbocycles. The second-order valence-corrected chi connectivity index (χ2v) is 26.2. The van der Waals surface area contributed by atoms with Crippen molar-refractivity contribution in [3.05, 3.63) is 44.9 Å². The van der Waals surface area contributed by atoms with E-state index in [2.05, 4.69) is 98.9 Å². The van der Waals surface area contributed by atoms with Crippen molar-refractivity contribution in [1.82, 2.24) is 0 Å². The monoisotopic (exact) mass is 521 g/mol. The Bertz CT molecular complexity index is 788. The Morgan fingerprint density at radius 3 is 1.90 bits per heavy atom. The Morgan fingerprint density at radius 2 is 1.47 bits per heavy atom. The number of rotatable bonds is 5. The molecule has 0 saturated heterocycles. The van der Waals surface area contributed by atoms with Crippen LogP contribution in [0.3, 0.4) is 0 Å². The summed E-state index contributed by atoms with van der Waals surface area (Å²) in [5.74, 6) is 1.25. The number of halogens is 2. The van der Waals surface area contributed by atoms with Gasteiger partial charge in [0, 0.05) is 0 Å². The number of benzene rings is 1. The van der Waals surface area contributed by atoms with Crippen LogP contribution in [0.4, 0.5) is 0 Å². The van der Waals surface area contributed by atoms with Gasteiger partial charge in [0.05, 0.1) is 0 Å². The molecule has 0 atom stereocenters. The fourth-order valence-electron chi connectivity index (χ4n) is 4.15. The van der Waals surface area contributed by atoms with E-state index in [1.807, 2.05) is 0 Å². The molecule has 1 nitrogen and oxygen atoms in total. The largest absolute Gasteiger partial charge is 0.147 e. The normalized spacial score (nSPS) is 14.2. The van der Waals surface area contributed by atoms with Gasteiger partial charge in [0.25, 0.3) is 0 Å². The topological polar surface area (TPSA) is 9.23 Å². The van der Waals surface area contributed by atoms with Crippen molar-refractivity contribution in [2.75, 3.05) is 0 Å². The molecule has 2 rings (SSSR count). The Balaban J connectivity index is 0.00000420. The van der Waals surface area contributed by atoms with Gasteiger partial charge >= 0.3 is 184 Å². The first-order valence-electron chi connectivity index (χ1n) is 10.8. The van der Waals surface area contributed by atoms with Crippen molar-refractivity contribution in [1.29, 1.82) is 0 Å². The average molecular weight is 523 g/mol. The van der Waals surface area contributed by atoms with Crippen molar-refractivity contribution in [2.45, 2.75) is 86.5 Å². The summed E-state index contributed by atoms with van der Waals surface area (Å²) in [6.07, 6.45) is 5.88. The second kappa shape index (κ2) is 11.4. The smallest absolute Gasteiger partial charge is 0.147 e. The zero-order valence-electron chi connectivity index (χ0n) is 20.9. The van der Waals surface area contributed by atoms with Gasteiger partial charge in [0.2, 0.25) is 0 Å². The van der Waals surface area contributed by atoms with Gasteiger partial charge < -0.3 is 0 Å². The summed E-state index contributed by atoms with van der Waals surface area (Å²) < 4.78 is 8.86. The van der Waals surface area contributed by atoms with Crippen molar-refractivity contribution < 1.29 is 20.8 Å². The predicted octanol–water partition coefficient (Wildman–Crippen LogP) is 6.99. The third-order valence-corrected chi connectivity index (χ3v) is 17.4. The van der Waals surface area contributed by atoms with Crippen LogP contribution in [0, 0.1) is 12.3 Å². The molecule has 1 aliphatic rings. The minimum absolute atomic E-state index is 0. The van der Waals surface area contributed by atoms with Crippen LogP contribution in [0.1, 0.15) is 59.1 Å². The minimum atomic E-state index is -1.77. The van der Waals surface area contributed by atoms with Gasteiger partial charge in [0.1, 0.15) is 0 Å². The van der Waals surface area contributed by atoms with E-state index in [1.165, 1.54) is 16.9 Å². The summed E-state index contributed by atoms with van der Waals surface area (Å²) in [7, 11) is -1.02. The summed E-state index contributed by atoms with van der Waals surface area (Å²) in [4.78, 5) is 0. The number of aryl methyl sites for hydroxylation is 1. The van der Waals surface area contributed by atoms with Crippen molar-refractivity contribution in [3.8, 4) is 5.75 Å². The summed E-state index contributed by atoms with van der Waals surface area (Å²) in [6.45, 7) is 25.4. The van der Waals surface area contributed by atoms with Crippen molar-refractivity contribution >= 4 is 45.5 Å². The Hall–Kier alpha value is 0.228. The number of allylic oxidation sites excluding steroid dienone is 4. The molecule has 0 radical (unpaired) electrons. The summed E-state index contributed by atoms with van der Waals surface area (Å²) >= 11 is -1.77. The molecule has 0 fully saturated rings. The van der Waals surface area contributed by atoms with Crippen LogP contribution in [-0.4, -0.2) is 15.5 Å². The predicted molar refractivity (Wildman–Crippen MR) is 143 cm³/mol. The van der Waals surface area contributed by atoms with Gasteiger partial charge in [-0.3, -0.25) is 0 Å². The zero-order chi connectivity index (χ0) is 21.4. The summed E-state index contributed by atoms with van der Waals surface area (Å²) in [5, 5.41) is 1.57. The van der Waals surface area contributed by atoms with Crippen molar-refractivity contribution in [3.63, 3.8) is 0 Å². The number of hydrogen-bond donors (Lipinski definition) is 0. The first-order valence-corrected chi connectivity index (χ1v) is 20.7. The molecule has 0 aromatic heterocycles. The minimum Gasteiger partial charge on any atom is -0.147 e. The molecule has 0 aliphatic heterocycles. The quantitative estimate of drug-likeness (QED) is 0.379. The van der Waals surface area contributed by atoms with Gasteiger partial charge in [-0.05, 0) is 0 Å². The van der Waals surface area contributed by atoms with Crippen LogP contribution < -0.4 is 8.51 Å². The first-order chi connectivity index (χ1) is 12.7. The Morgan fingerprint density at radius 1 is 0.900 bits per heavy atom. The van der Waals surface area contributed by atoms with Crippen molar-refractivity contribution in [2.24, 2.45) is 5.41 Å². The van der Waals surface area contributed by atoms with E-state index in [9.17, 15) is 0 Å². The molecule has 171 valence electrons. The van der Waals surface area contributed by atoms with Crippen LogP contribution in [0.5, 0.6) is 5.75 Å². The molecule has 0 heterocycles. The molecule has 0 N–H and O–H groups in total. The standard InChI is InChI=1S/C13H22OSi.C9H13.C2H7Si.2ClH.Ti/c1-9-7-10(13(2,3)4)12(15(5)6)11(14)8-9;1-9(2,3)8-6-4-5-7-8;1-3-2;;;/h7-8,14-15H,1-6H3;4,6H,5H2,1-3H3;3H,1-2H3;2*1H;/q;;;;;+1/p-1. The Labute approximate surface area is 207 Å². The molecule has 1 aliphatic carbocycles. The molecule has 1 aromatic rings. The van der Waals surface area contributed by atoms with Crippen LogP contribution in [0.2, 0.25) is 26.2 Å². The fourth-order valence-corrected chi connectivity index (χ4v) is 15.6. The van der Waals surface area contributed by atoms with E-state index < -0.39 is 33.0 Å². The third kappa shape index (κ3) is 7.12. The third-order valence-electron chi connectivity index (χ3n) is 5.45. The molecule has 0 spiro atoms. The SMILES string of the molecule is Cc1cc([O][Ti]([C]2=C(C(C)(C)C)C=CC2)[SiH](C)C)c([SiH](C)C)c(C(C)(C)C)c1.Cl.Cl. The molecule has 6 heteroatoms. The van der Waals surface area contributed by atoms with E-state index >= 15 is 0 Å². The maximum Gasteiger partial charge on any atom is -0.147 e. The van der Waals surface area contributed by atoms with Crippen LogP contribution in [-0.2, 0) is 22.9 Å². The molecule has 0 saturated carbocycles. The zero-order valence-corrected chi connectivity index (χ0v) is 26.4. The maximum atomic E-state index is 7.16. The van der Waals surface area contributed by atoms with E-state index in [0.717, 1.165) is 6.42 Å². The van der Waals surface area contributed by atoms with Crippen LogP contribution >= 0.6 is 24.8 Å². The molecule has 0 bridgehead atoms. The fraction of sp³-hybridized carbons (Fsp3) is 0.583. The van der Waals surface area contributed by atoms with E-state index in [-0.39, 0.29) is 35.6 Å². The molecular weight excluding hydrogens is 479 g/mol. The maximum absolute atomic E-state index is 7.16. The van der Waals surface area contributed by atoms with Gasteiger partial charge in [-0.1, -0.05) is 0 Å². The van der Waals surface area contributed by atoms with E-state index in [0.29, 0.717) is 0 Å². The summed E-state index contributed by atoms with van der Waals surface area (Å²) in [6, 6.07) is 4.76. The van der Waals surface area contributed by atoms with Gasteiger partial charge in [-0.2, -0.15) is 0 Å². The Kier molecular flexibility index (Phi) is 11.5. The molecular formula is C24H43Cl2OSi2Ti. The first kappa shape index (κ1) is 30.2. The van der Waals surface area contributed by atoms with E-state index in [4.69, 9.17) is 3.32 Å². The second-order valence-electron chi connectivity index (χ2n) is 11.0.